The molecule has 0 radical (unpaired) electrons. The van der Waals surface area contributed by atoms with Crippen LogP contribution in [0.3, 0.4) is 0 Å². The number of nitrogens with two attached hydrogens (primary N) is 1. The number of anilines is 2. The van der Waals surface area contributed by atoms with E-state index in [9.17, 15) is 14.4 Å². The Morgan fingerprint density at radius 3 is 2.33 bits per heavy atom. The van der Waals surface area contributed by atoms with Crippen LogP contribution in [-0.4, -0.2) is 60.0 Å². The number of hydrogen-bond donors (Lipinski definition) is 3. The third kappa shape index (κ3) is 5.22. The van der Waals surface area contributed by atoms with Crippen LogP contribution >= 0.6 is 0 Å². The van der Waals surface area contributed by atoms with E-state index in [0.29, 0.717) is 25.2 Å². The maximum absolute atomic E-state index is 12.3. The van der Waals surface area contributed by atoms with Gasteiger partial charge >= 0.3 is 5.97 Å². The predicted octanol–water partition coefficient (Wildman–Crippen LogP) is 1.56. The molecule has 2 aromatic rings. The SMILES string of the molecule is CCN1CCN(c2ccc(CC(N)C(=O)Nc3ccc(C(=O)O)cc3)cc2)C(=O)C1. The molecule has 1 aliphatic rings. The molecule has 1 heterocycles. The normalized spacial score (nSPS) is 15.7. The predicted molar refractivity (Wildman–Crippen MR) is 115 cm³/mol. The quantitative estimate of drug-likeness (QED) is 0.638. The van der Waals surface area contributed by atoms with Crippen LogP contribution in [0.2, 0.25) is 0 Å². The number of carbonyl (C=O) groups is 3. The molecule has 1 saturated heterocycles. The van der Waals surface area contributed by atoms with Crippen molar-refractivity contribution in [3.05, 3.63) is 59.7 Å². The zero-order valence-electron chi connectivity index (χ0n) is 16.9. The van der Waals surface area contributed by atoms with Gasteiger partial charge < -0.3 is 21.1 Å². The third-order valence-electron chi connectivity index (χ3n) is 5.19. The number of rotatable bonds is 7. The summed E-state index contributed by atoms with van der Waals surface area (Å²) in [6.07, 6.45) is 0.344. The molecule has 1 fully saturated rings. The second-order valence-corrected chi connectivity index (χ2v) is 7.26. The highest BCUT2D eigenvalue weighted by atomic mass is 16.4. The van der Waals surface area contributed by atoms with Gasteiger partial charge in [-0.2, -0.15) is 0 Å². The number of carbonyl (C=O) groups excluding carboxylic acids is 2. The molecular weight excluding hydrogens is 384 g/mol. The van der Waals surface area contributed by atoms with Crippen molar-refractivity contribution in [1.82, 2.24) is 4.90 Å². The fraction of sp³-hybridized carbons (Fsp3) is 0.318. The van der Waals surface area contributed by atoms with Crippen LogP contribution in [0.4, 0.5) is 11.4 Å². The van der Waals surface area contributed by atoms with Crippen molar-refractivity contribution in [2.75, 3.05) is 36.4 Å². The Bertz CT molecular complexity index is 912. The van der Waals surface area contributed by atoms with Gasteiger partial charge in [0.15, 0.2) is 0 Å². The van der Waals surface area contributed by atoms with E-state index in [1.165, 1.54) is 24.3 Å². The zero-order valence-corrected chi connectivity index (χ0v) is 16.9. The zero-order chi connectivity index (χ0) is 21.7. The Morgan fingerprint density at radius 1 is 1.10 bits per heavy atom. The Hall–Kier alpha value is -3.23. The van der Waals surface area contributed by atoms with E-state index in [4.69, 9.17) is 10.8 Å². The number of amides is 2. The van der Waals surface area contributed by atoms with Gasteiger partial charge in [-0.1, -0.05) is 19.1 Å². The van der Waals surface area contributed by atoms with E-state index >= 15 is 0 Å². The lowest BCUT2D eigenvalue weighted by molar-refractivity contribution is -0.121. The van der Waals surface area contributed by atoms with E-state index in [1.807, 2.05) is 31.2 Å². The first-order valence-corrected chi connectivity index (χ1v) is 9.89. The molecule has 0 saturated carbocycles. The average Bonchev–Trinajstić information content (AvgIpc) is 2.74. The van der Waals surface area contributed by atoms with Crippen LogP contribution in [0.5, 0.6) is 0 Å². The van der Waals surface area contributed by atoms with Crippen molar-refractivity contribution in [2.45, 2.75) is 19.4 Å². The third-order valence-corrected chi connectivity index (χ3v) is 5.19. The van der Waals surface area contributed by atoms with Crippen molar-refractivity contribution in [3.63, 3.8) is 0 Å². The number of piperazine rings is 1. The summed E-state index contributed by atoms with van der Waals surface area (Å²) in [6, 6.07) is 12.6. The summed E-state index contributed by atoms with van der Waals surface area (Å²) < 4.78 is 0. The highest BCUT2D eigenvalue weighted by Gasteiger charge is 2.24. The molecule has 1 unspecified atom stereocenters. The molecule has 0 bridgehead atoms. The number of carboxylic acid groups (broad SMARTS) is 1. The number of benzene rings is 2. The summed E-state index contributed by atoms with van der Waals surface area (Å²) in [5, 5.41) is 11.6. The number of hydrogen-bond acceptors (Lipinski definition) is 5. The molecule has 8 heteroatoms. The van der Waals surface area contributed by atoms with Crippen LogP contribution in [0.15, 0.2) is 48.5 Å². The second kappa shape index (κ2) is 9.51. The average molecular weight is 410 g/mol. The van der Waals surface area contributed by atoms with Gasteiger partial charge in [0.1, 0.15) is 0 Å². The molecule has 3 rings (SSSR count). The maximum Gasteiger partial charge on any atom is 0.335 e. The summed E-state index contributed by atoms with van der Waals surface area (Å²) >= 11 is 0. The number of likely N-dealkylation sites (N-methyl/N-ethyl adjacent to an activating group) is 1. The molecule has 1 aliphatic heterocycles. The first-order chi connectivity index (χ1) is 14.4. The molecule has 4 N–H and O–H groups in total. The molecule has 8 nitrogen and oxygen atoms in total. The molecule has 158 valence electrons. The summed E-state index contributed by atoms with van der Waals surface area (Å²) in [5.74, 6) is -1.30. The van der Waals surface area contributed by atoms with E-state index in [2.05, 4.69) is 10.2 Å². The molecule has 1 atom stereocenters. The van der Waals surface area contributed by atoms with Crippen LogP contribution in [0.1, 0.15) is 22.8 Å². The molecule has 0 aromatic heterocycles. The minimum atomic E-state index is -1.03. The van der Waals surface area contributed by atoms with Crippen LogP contribution in [0, 0.1) is 0 Å². The fourth-order valence-electron chi connectivity index (χ4n) is 3.35. The minimum absolute atomic E-state index is 0.0841. The Labute approximate surface area is 175 Å². The van der Waals surface area contributed by atoms with E-state index in [-0.39, 0.29) is 17.4 Å². The number of nitrogens with zero attached hydrogens (tertiary/aromatic N) is 2. The number of carboxylic acids is 1. The van der Waals surface area contributed by atoms with Crippen molar-refractivity contribution < 1.29 is 19.5 Å². The van der Waals surface area contributed by atoms with Crippen LogP contribution in [0.25, 0.3) is 0 Å². The monoisotopic (exact) mass is 410 g/mol. The van der Waals surface area contributed by atoms with Gasteiger partial charge in [-0.3, -0.25) is 14.5 Å². The summed E-state index contributed by atoms with van der Waals surface area (Å²) in [5.41, 5.74) is 8.40. The van der Waals surface area contributed by atoms with E-state index in [0.717, 1.165) is 24.3 Å². The summed E-state index contributed by atoms with van der Waals surface area (Å²) in [6.45, 7) is 4.85. The van der Waals surface area contributed by atoms with Crippen molar-refractivity contribution in [1.29, 1.82) is 0 Å². The molecular formula is C22H26N4O4. The number of aromatic carboxylic acids is 1. The first kappa shape index (κ1) is 21.5. The van der Waals surface area contributed by atoms with Gasteiger partial charge in [0.05, 0.1) is 18.2 Å². The van der Waals surface area contributed by atoms with Gasteiger partial charge in [0.25, 0.3) is 0 Å². The van der Waals surface area contributed by atoms with Crippen molar-refractivity contribution in [2.24, 2.45) is 5.73 Å². The van der Waals surface area contributed by atoms with E-state index < -0.39 is 12.0 Å². The largest absolute Gasteiger partial charge is 0.478 e. The highest BCUT2D eigenvalue weighted by Crippen LogP contribution is 2.19. The molecule has 2 aromatic carbocycles. The lowest BCUT2D eigenvalue weighted by Crippen LogP contribution is -2.50. The Morgan fingerprint density at radius 2 is 1.77 bits per heavy atom. The Kier molecular flexibility index (Phi) is 6.81. The first-order valence-electron chi connectivity index (χ1n) is 9.89. The minimum Gasteiger partial charge on any atom is -0.478 e. The maximum atomic E-state index is 12.3. The van der Waals surface area contributed by atoms with Crippen molar-refractivity contribution >= 4 is 29.2 Å². The van der Waals surface area contributed by atoms with Gasteiger partial charge in [-0.15, -0.1) is 0 Å². The lowest BCUT2D eigenvalue weighted by Gasteiger charge is -2.33. The van der Waals surface area contributed by atoms with Crippen molar-refractivity contribution in [3.8, 4) is 0 Å². The number of nitrogens with one attached hydrogen (secondary N) is 1. The summed E-state index contributed by atoms with van der Waals surface area (Å²) in [4.78, 5) is 39.4. The molecule has 0 spiro atoms. The molecule has 30 heavy (non-hydrogen) atoms. The molecule has 0 aliphatic carbocycles. The van der Waals surface area contributed by atoms with E-state index in [1.54, 1.807) is 4.90 Å². The summed E-state index contributed by atoms with van der Waals surface area (Å²) in [7, 11) is 0. The molecule has 2 amide bonds. The second-order valence-electron chi connectivity index (χ2n) is 7.26. The Balaban J connectivity index is 1.56. The van der Waals surface area contributed by atoms with Gasteiger partial charge in [0, 0.05) is 24.5 Å². The standard InChI is InChI=1S/C22H26N4O4/c1-2-25-11-12-26(20(27)14-25)18-9-3-15(4-10-18)13-19(23)21(28)24-17-7-5-16(6-8-17)22(29)30/h3-10,19H,2,11-14,23H2,1H3,(H,24,28)(H,29,30). The topological polar surface area (TPSA) is 116 Å². The van der Waals surface area contributed by atoms with Crippen LogP contribution < -0.4 is 16.0 Å². The highest BCUT2D eigenvalue weighted by molar-refractivity contribution is 5.96. The lowest BCUT2D eigenvalue weighted by atomic mass is 10.0. The van der Waals surface area contributed by atoms with Crippen LogP contribution in [-0.2, 0) is 16.0 Å². The fourth-order valence-corrected chi connectivity index (χ4v) is 3.35. The van der Waals surface area contributed by atoms with Gasteiger partial charge in [-0.25, -0.2) is 4.79 Å². The van der Waals surface area contributed by atoms with Gasteiger partial charge in [-0.05, 0) is 54.9 Å². The van der Waals surface area contributed by atoms with Gasteiger partial charge in [0.2, 0.25) is 11.8 Å². The smallest absolute Gasteiger partial charge is 0.335 e.